The molecule has 18 heavy (non-hydrogen) atoms. The molecule has 0 heterocycles. The first-order chi connectivity index (χ1) is 8.59. The van der Waals surface area contributed by atoms with Crippen LogP contribution in [0.25, 0.3) is 0 Å². The molecule has 0 aromatic heterocycles. The van der Waals surface area contributed by atoms with Crippen LogP contribution in [0, 0.1) is 5.92 Å². The topological polar surface area (TPSA) is 69.6 Å². The Morgan fingerprint density at radius 1 is 1.33 bits per heavy atom. The Morgan fingerprint density at radius 3 is 2.61 bits per heavy atom. The highest BCUT2D eigenvalue weighted by atomic mass is 16.4. The van der Waals surface area contributed by atoms with Gasteiger partial charge >= 0.3 is 12.0 Å². The quantitative estimate of drug-likeness (QED) is 0.685. The van der Waals surface area contributed by atoms with Crippen LogP contribution in [0.5, 0.6) is 0 Å². The lowest BCUT2D eigenvalue weighted by Gasteiger charge is -2.17. The highest BCUT2D eigenvalue weighted by molar-refractivity contribution is 5.74. The maximum absolute atomic E-state index is 11.6. The minimum absolute atomic E-state index is 0.00794. The van der Waals surface area contributed by atoms with Crippen LogP contribution in [-0.2, 0) is 4.79 Å². The molecule has 2 amide bonds. The van der Waals surface area contributed by atoms with E-state index in [0.29, 0.717) is 6.54 Å². The zero-order chi connectivity index (χ0) is 13.4. The predicted molar refractivity (Wildman–Crippen MR) is 69.5 cm³/mol. The third kappa shape index (κ3) is 5.89. The highest BCUT2D eigenvalue weighted by Gasteiger charge is 2.14. The van der Waals surface area contributed by atoms with E-state index in [-0.39, 0.29) is 19.0 Å². The zero-order valence-electron chi connectivity index (χ0n) is 11.2. The first-order valence-corrected chi connectivity index (χ1v) is 6.80. The Morgan fingerprint density at radius 2 is 2.00 bits per heavy atom. The van der Waals surface area contributed by atoms with Gasteiger partial charge in [-0.3, -0.25) is 4.79 Å². The van der Waals surface area contributed by atoms with Crippen molar-refractivity contribution in [1.82, 2.24) is 10.2 Å². The van der Waals surface area contributed by atoms with Crippen molar-refractivity contribution >= 4 is 12.0 Å². The lowest BCUT2D eigenvalue weighted by Crippen LogP contribution is -2.38. The van der Waals surface area contributed by atoms with Crippen molar-refractivity contribution in [3.63, 3.8) is 0 Å². The molecule has 1 rings (SSSR count). The Balaban J connectivity index is 2.02. The summed E-state index contributed by atoms with van der Waals surface area (Å²) in [6.07, 6.45) is 7.59. The van der Waals surface area contributed by atoms with Crippen LogP contribution >= 0.6 is 0 Å². The average Bonchev–Trinajstić information content (AvgIpc) is 2.84. The molecular formula is C13H24N2O3. The van der Waals surface area contributed by atoms with Gasteiger partial charge in [-0.2, -0.15) is 0 Å². The van der Waals surface area contributed by atoms with Gasteiger partial charge in [0.15, 0.2) is 0 Å². The average molecular weight is 256 g/mol. The zero-order valence-corrected chi connectivity index (χ0v) is 11.2. The second-order valence-electron chi connectivity index (χ2n) is 5.09. The van der Waals surface area contributed by atoms with E-state index in [1.165, 1.54) is 37.0 Å². The second kappa shape index (κ2) is 7.95. The number of nitrogens with zero attached hydrogens (tertiary/aromatic N) is 1. The number of nitrogens with one attached hydrogen (secondary N) is 1. The summed E-state index contributed by atoms with van der Waals surface area (Å²) in [4.78, 5) is 23.4. The highest BCUT2D eigenvalue weighted by Crippen LogP contribution is 2.28. The summed E-state index contributed by atoms with van der Waals surface area (Å²) in [7, 11) is 1.62. The van der Waals surface area contributed by atoms with E-state index < -0.39 is 5.97 Å². The van der Waals surface area contributed by atoms with Crippen molar-refractivity contribution in [1.29, 1.82) is 0 Å². The standard InChI is InChI=1S/C13H24N2O3/c1-15(10-8-12(16)17)13(18)14-9-4-7-11-5-2-3-6-11/h11H,2-10H2,1H3,(H,14,18)(H,16,17). The number of rotatable bonds is 7. The molecule has 1 saturated carbocycles. The van der Waals surface area contributed by atoms with E-state index >= 15 is 0 Å². The van der Waals surface area contributed by atoms with Gasteiger partial charge < -0.3 is 15.3 Å². The first kappa shape index (κ1) is 14.8. The van der Waals surface area contributed by atoms with Crippen LogP contribution in [0.4, 0.5) is 4.79 Å². The van der Waals surface area contributed by atoms with E-state index in [0.717, 1.165) is 12.3 Å². The molecule has 0 spiro atoms. The molecule has 1 fully saturated rings. The van der Waals surface area contributed by atoms with E-state index in [2.05, 4.69) is 5.32 Å². The monoisotopic (exact) mass is 256 g/mol. The molecule has 104 valence electrons. The van der Waals surface area contributed by atoms with Gasteiger partial charge in [-0.25, -0.2) is 4.79 Å². The van der Waals surface area contributed by atoms with E-state index in [1.54, 1.807) is 7.05 Å². The number of carboxylic acid groups (broad SMARTS) is 1. The smallest absolute Gasteiger partial charge is 0.317 e. The molecule has 0 unspecified atom stereocenters. The molecular weight excluding hydrogens is 232 g/mol. The number of hydrogen-bond acceptors (Lipinski definition) is 2. The molecule has 0 saturated heterocycles. The Bertz CT molecular complexity index is 275. The van der Waals surface area contributed by atoms with E-state index in [4.69, 9.17) is 5.11 Å². The molecule has 0 aromatic carbocycles. The fourth-order valence-corrected chi connectivity index (χ4v) is 2.38. The summed E-state index contributed by atoms with van der Waals surface area (Å²) < 4.78 is 0. The molecule has 1 aliphatic carbocycles. The van der Waals surface area contributed by atoms with Crippen LogP contribution in [-0.4, -0.2) is 42.1 Å². The number of carboxylic acids is 1. The van der Waals surface area contributed by atoms with Crippen molar-refractivity contribution in [3.05, 3.63) is 0 Å². The molecule has 0 aromatic rings. The summed E-state index contributed by atoms with van der Waals surface area (Å²) >= 11 is 0. The number of amides is 2. The van der Waals surface area contributed by atoms with Crippen LogP contribution in [0.15, 0.2) is 0 Å². The second-order valence-corrected chi connectivity index (χ2v) is 5.09. The van der Waals surface area contributed by atoms with Gasteiger partial charge in [-0.05, 0) is 18.8 Å². The maximum Gasteiger partial charge on any atom is 0.317 e. The van der Waals surface area contributed by atoms with E-state index in [1.807, 2.05) is 0 Å². The van der Waals surface area contributed by atoms with Gasteiger partial charge in [0.05, 0.1) is 6.42 Å². The number of aliphatic carboxylic acids is 1. The predicted octanol–water partition coefficient (Wildman–Crippen LogP) is 2.07. The Hall–Kier alpha value is -1.26. The normalized spacial score (nSPS) is 15.6. The van der Waals surface area contributed by atoms with Gasteiger partial charge in [0.25, 0.3) is 0 Å². The third-order valence-electron chi connectivity index (χ3n) is 3.55. The molecule has 0 aliphatic heterocycles. The number of carbonyl (C=O) groups excluding carboxylic acids is 1. The van der Waals surface area contributed by atoms with Crippen LogP contribution in [0.3, 0.4) is 0 Å². The molecule has 0 atom stereocenters. The summed E-state index contributed by atoms with van der Waals surface area (Å²) in [6.45, 7) is 0.941. The molecule has 2 N–H and O–H groups in total. The van der Waals surface area contributed by atoms with Gasteiger partial charge in [0.1, 0.15) is 0 Å². The lowest BCUT2D eigenvalue weighted by atomic mass is 10.0. The lowest BCUT2D eigenvalue weighted by molar-refractivity contribution is -0.137. The number of hydrogen-bond donors (Lipinski definition) is 2. The van der Waals surface area contributed by atoms with Crippen molar-refractivity contribution in [2.24, 2.45) is 5.92 Å². The van der Waals surface area contributed by atoms with Crippen molar-refractivity contribution in [2.75, 3.05) is 20.1 Å². The van der Waals surface area contributed by atoms with Gasteiger partial charge in [-0.1, -0.05) is 25.7 Å². The fraction of sp³-hybridized carbons (Fsp3) is 0.846. The van der Waals surface area contributed by atoms with Crippen LogP contribution < -0.4 is 5.32 Å². The van der Waals surface area contributed by atoms with Crippen LogP contribution in [0.1, 0.15) is 44.9 Å². The third-order valence-corrected chi connectivity index (χ3v) is 3.55. The van der Waals surface area contributed by atoms with E-state index in [9.17, 15) is 9.59 Å². The van der Waals surface area contributed by atoms with Gasteiger partial charge in [-0.15, -0.1) is 0 Å². The maximum atomic E-state index is 11.6. The molecule has 1 aliphatic rings. The Kier molecular flexibility index (Phi) is 6.54. The summed E-state index contributed by atoms with van der Waals surface area (Å²) in [6, 6.07) is -0.178. The van der Waals surface area contributed by atoms with Crippen LogP contribution in [0.2, 0.25) is 0 Å². The molecule has 0 bridgehead atoms. The Labute approximate surface area is 109 Å². The number of urea groups is 1. The summed E-state index contributed by atoms with van der Waals surface area (Å²) in [5, 5.41) is 11.3. The minimum atomic E-state index is -0.879. The van der Waals surface area contributed by atoms with Crippen molar-refractivity contribution < 1.29 is 14.7 Å². The van der Waals surface area contributed by atoms with Crippen molar-refractivity contribution in [2.45, 2.75) is 44.9 Å². The SMILES string of the molecule is CN(CCC(=O)O)C(=O)NCCCC1CCCC1. The van der Waals surface area contributed by atoms with Crippen molar-refractivity contribution in [3.8, 4) is 0 Å². The molecule has 5 heteroatoms. The van der Waals surface area contributed by atoms with Gasteiger partial charge in [0, 0.05) is 20.1 Å². The molecule has 0 radical (unpaired) electrons. The largest absolute Gasteiger partial charge is 0.481 e. The van der Waals surface area contributed by atoms with Gasteiger partial charge in [0.2, 0.25) is 0 Å². The number of carbonyl (C=O) groups is 2. The summed E-state index contributed by atoms with van der Waals surface area (Å²) in [5.41, 5.74) is 0. The minimum Gasteiger partial charge on any atom is -0.481 e. The first-order valence-electron chi connectivity index (χ1n) is 6.80. The molecule has 5 nitrogen and oxygen atoms in total. The summed E-state index contributed by atoms with van der Waals surface area (Å²) in [5.74, 6) is -0.0254. The fourth-order valence-electron chi connectivity index (χ4n) is 2.38.